The minimum absolute atomic E-state index is 0.189. The lowest BCUT2D eigenvalue weighted by atomic mass is 9.97. The summed E-state index contributed by atoms with van der Waals surface area (Å²) >= 11 is 1.31. The fourth-order valence-corrected chi connectivity index (χ4v) is 2.71. The van der Waals surface area contributed by atoms with E-state index >= 15 is 0 Å². The normalized spacial score (nSPS) is 27.2. The van der Waals surface area contributed by atoms with E-state index in [0.29, 0.717) is 23.7 Å². The lowest BCUT2D eigenvalue weighted by molar-refractivity contribution is -0.0251. The average Bonchev–Trinajstić information content (AvgIpc) is 2.95. The molecule has 2 rings (SSSR count). The molecule has 100 valence electrons. The average molecular weight is 271 g/mol. The van der Waals surface area contributed by atoms with E-state index in [1.54, 1.807) is 11.4 Å². The highest BCUT2D eigenvalue weighted by Crippen LogP contribution is 2.26. The SMILES string of the molecule is COc1ccsc1C(=O)NCC1(O)CCOC1C. The molecule has 6 heteroatoms. The molecule has 2 unspecified atom stereocenters. The van der Waals surface area contributed by atoms with Gasteiger partial charge in [0, 0.05) is 19.6 Å². The molecule has 0 bridgehead atoms. The van der Waals surface area contributed by atoms with Crippen LogP contribution in [0.2, 0.25) is 0 Å². The number of thiophene rings is 1. The van der Waals surface area contributed by atoms with Crippen LogP contribution in [0.25, 0.3) is 0 Å². The molecule has 0 spiro atoms. The summed E-state index contributed by atoms with van der Waals surface area (Å²) in [7, 11) is 1.53. The zero-order chi connectivity index (χ0) is 13.2. The van der Waals surface area contributed by atoms with Crippen LogP contribution in [0, 0.1) is 0 Å². The van der Waals surface area contributed by atoms with Gasteiger partial charge in [-0.15, -0.1) is 11.3 Å². The Balaban J connectivity index is 1.96. The summed E-state index contributed by atoms with van der Waals surface area (Å²) in [6, 6.07) is 1.75. The summed E-state index contributed by atoms with van der Waals surface area (Å²) in [5.41, 5.74) is -0.972. The highest BCUT2D eigenvalue weighted by molar-refractivity contribution is 7.12. The zero-order valence-corrected chi connectivity index (χ0v) is 11.3. The number of ether oxygens (including phenoxy) is 2. The quantitative estimate of drug-likeness (QED) is 0.858. The minimum Gasteiger partial charge on any atom is -0.495 e. The standard InChI is InChI=1S/C12H17NO4S/c1-8-12(15,4-5-17-8)7-13-11(14)10-9(16-2)3-6-18-10/h3,6,8,15H,4-5,7H2,1-2H3,(H,13,14). The predicted octanol–water partition coefficient (Wildman–Crippen LogP) is 1.03. The van der Waals surface area contributed by atoms with Gasteiger partial charge in [-0.2, -0.15) is 0 Å². The summed E-state index contributed by atoms with van der Waals surface area (Å²) in [5.74, 6) is 0.328. The highest BCUT2D eigenvalue weighted by atomic mass is 32.1. The number of aliphatic hydroxyl groups is 1. The van der Waals surface area contributed by atoms with Gasteiger partial charge in [0.05, 0.1) is 13.2 Å². The molecule has 0 saturated carbocycles. The van der Waals surface area contributed by atoms with Gasteiger partial charge in [-0.1, -0.05) is 0 Å². The van der Waals surface area contributed by atoms with Crippen LogP contribution in [0.15, 0.2) is 11.4 Å². The third kappa shape index (κ3) is 2.50. The van der Waals surface area contributed by atoms with Crippen LogP contribution >= 0.6 is 11.3 Å². The molecule has 18 heavy (non-hydrogen) atoms. The molecule has 1 fully saturated rings. The van der Waals surface area contributed by atoms with Crippen LogP contribution in [-0.2, 0) is 4.74 Å². The van der Waals surface area contributed by atoms with Gasteiger partial charge in [0.15, 0.2) is 0 Å². The van der Waals surface area contributed by atoms with E-state index in [1.165, 1.54) is 18.4 Å². The molecule has 2 N–H and O–H groups in total. The van der Waals surface area contributed by atoms with E-state index in [0.717, 1.165) is 0 Å². The van der Waals surface area contributed by atoms with Crippen LogP contribution in [0.5, 0.6) is 5.75 Å². The van der Waals surface area contributed by atoms with Crippen molar-refractivity contribution in [1.82, 2.24) is 5.32 Å². The fourth-order valence-electron chi connectivity index (χ4n) is 1.94. The Hall–Kier alpha value is -1.11. The molecular weight excluding hydrogens is 254 g/mol. The summed E-state index contributed by atoms with van der Waals surface area (Å²) < 4.78 is 10.4. The Kier molecular flexibility index (Phi) is 3.89. The zero-order valence-electron chi connectivity index (χ0n) is 10.4. The fraction of sp³-hybridized carbons (Fsp3) is 0.583. The second-order valence-corrected chi connectivity index (χ2v) is 5.28. The number of carbonyl (C=O) groups is 1. The number of nitrogens with one attached hydrogen (secondary N) is 1. The summed E-state index contributed by atoms with van der Waals surface area (Å²) in [6.45, 7) is 2.52. The van der Waals surface area contributed by atoms with Crippen molar-refractivity contribution in [2.45, 2.75) is 25.0 Å². The van der Waals surface area contributed by atoms with Gasteiger partial charge >= 0.3 is 0 Å². The first kappa shape index (κ1) is 13.3. The van der Waals surface area contributed by atoms with E-state index in [4.69, 9.17) is 9.47 Å². The third-order valence-electron chi connectivity index (χ3n) is 3.27. The molecular formula is C12H17NO4S. The molecule has 1 aliphatic heterocycles. The molecule has 1 saturated heterocycles. The van der Waals surface area contributed by atoms with Gasteiger partial charge in [0.25, 0.3) is 5.91 Å². The maximum absolute atomic E-state index is 12.0. The Morgan fingerprint density at radius 1 is 1.78 bits per heavy atom. The molecule has 0 radical (unpaired) electrons. The molecule has 0 aromatic carbocycles. The smallest absolute Gasteiger partial charge is 0.265 e. The predicted molar refractivity (Wildman–Crippen MR) is 68.2 cm³/mol. The number of amides is 1. The van der Waals surface area contributed by atoms with Crippen molar-refractivity contribution in [1.29, 1.82) is 0 Å². The lowest BCUT2D eigenvalue weighted by Crippen LogP contribution is -2.47. The van der Waals surface area contributed by atoms with Gasteiger partial charge in [-0.05, 0) is 18.4 Å². The van der Waals surface area contributed by atoms with Gasteiger partial charge in [-0.3, -0.25) is 4.79 Å². The molecule has 2 atom stereocenters. The van der Waals surface area contributed by atoms with E-state index in [9.17, 15) is 9.90 Å². The molecule has 0 aliphatic carbocycles. The van der Waals surface area contributed by atoms with E-state index in [1.807, 2.05) is 6.92 Å². The van der Waals surface area contributed by atoms with Crippen LogP contribution in [-0.4, -0.2) is 43.0 Å². The second kappa shape index (κ2) is 5.26. The van der Waals surface area contributed by atoms with Crippen LogP contribution < -0.4 is 10.1 Å². The molecule has 2 heterocycles. The van der Waals surface area contributed by atoms with Crippen LogP contribution in [0.4, 0.5) is 0 Å². The van der Waals surface area contributed by atoms with Crippen molar-refractivity contribution < 1.29 is 19.4 Å². The van der Waals surface area contributed by atoms with Crippen LogP contribution in [0.1, 0.15) is 23.0 Å². The Labute approximate surface area is 110 Å². The van der Waals surface area contributed by atoms with E-state index in [-0.39, 0.29) is 18.6 Å². The Morgan fingerprint density at radius 3 is 3.17 bits per heavy atom. The molecule has 5 nitrogen and oxygen atoms in total. The number of carbonyl (C=O) groups excluding carboxylic acids is 1. The first-order valence-corrected chi connectivity index (χ1v) is 6.68. The number of hydrogen-bond acceptors (Lipinski definition) is 5. The number of methoxy groups -OCH3 is 1. The van der Waals surface area contributed by atoms with Crippen molar-refractivity contribution >= 4 is 17.2 Å². The third-order valence-corrected chi connectivity index (χ3v) is 4.16. The van der Waals surface area contributed by atoms with E-state index < -0.39 is 5.60 Å². The Bertz CT molecular complexity index is 433. The van der Waals surface area contributed by atoms with Gasteiger partial charge < -0.3 is 19.9 Å². The summed E-state index contributed by atoms with van der Waals surface area (Å²) in [5, 5.41) is 14.8. The lowest BCUT2D eigenvalue weighted by Gasteiger charge is -2.26. The van der Waals surface area contributed by atoms with Gasteiger partial charge in [0.1, 0.15) is 16.2 Å². The summed E-state index contributed by atoms with van der Waals surface area (Å²) in [6.07, 6.45) is 0.277. The van der Waals surface area contributed by atoms with E-state index in [2.05, 4.69) is 5.32 Å². The molecule has 1 aliphatic rings. The van der Waals surface area contributed by atoms with Crippen molar-refractivity contribution in [2.24, 2.45) is 0 Å². The number of rotatable bonds is 4. The monoisotopic (exact) mass is 271 g/mol. The molecule has 1 amide bonds. The van der Waals surface area contributed by atoms with Crippen molar-refractivity contribution in [3.63, 3.8) is 0 Å². The minimum atomic E-state index is -0.972. The number of hydrogen-bond donors (Lipinski definition) is 2. The van der Waals surface area contributed by atoms with Crippen molar-refractivity contribution in [3.8, 4) is 5.75 Å². The topological polar surface area (TPSA) is 67.8 Å². The summed E-state index contributed by atoms with van der Waals surface area (Å²) in [4.78, 5) is 12.5. The van der Waals surface area contributed by atoms with Crippen molar-refractivity contribution in [3.05, 3.63) is 16.3 Å². The van der Waals surface area contributed by atoms with Gasteiger partial charge in [-0.25, -0.2) is 0 Å². The maximum Gasteiger partial charge on any atom is 0.265 e. The first-order chi connectivity index (χ1) is 8.57. The van der Waals surface area contributed by atoms with Crippen molar-refractivity contribution in [2.75, 3.05) is 20.3 Å². The Morgan fingerprint density at radius 2 is 2.56 bits per heavy atom. The molecule has 1 aromatic rings. The van der Waals surface area contributed by atoms with Gasteiger partial charge in [0.2, 0.25) is 0 Å². The second-order valence-electron chi connectivity index (χ2n) is 4.37. The highest BCUT2D eigenvalue weighted by Gasteiger charge is 2.39. The van der Waals surface area contributed by atoms with Crippen LogP contribution in [0.3, 0.4) is 0 Å². The first-order valence-electron chi connectivity index (χ1n) is 5.80. The molecule has 1 aromatic heterocycles. The maximum atomic E-state index is 12.0. The largest absolute Gasteiger partial charge is 0.495 e.